The van der Waals surface area contributed by atoms with Crippen molar-refractivity contribution in [3.8, 4) is 10.4 Å². The number of hydrogen-bond donors (Lipinski definition) is 1. The second-order valence-electron chi connectivity index (χ2n) is 10.3. The lowest BCUT2D eigenvalue weighted by molar-refractivity contribution is 0.0605. The van der Waals surface area contributed by atoms with Crippen molar-refractivity contribution in [2.75, 3.05) is 32.6 Å². The normalized spacial score (nSPS) is 20.4. The molecule has 0 radical (unpaired) electrons. The predicted molar refractivity (Wildman–Crippen MR) is 151 cm³/mol. The van der Waals surface area contributed by atoms with Gasteiger partial charge in [-0.25, -0.2) is 14.2 Å². The zero-order valence-corrected chi connectivity index (χ0v) is 23.5. The van der Waals surface area contributed by atoms with Crippen LogP contribution in [0.1, 0.15) is 64.8 Å². The molecule has 1 fully saturated rings. The number of thiazole rings is 1. The molecule has 0 unspecified atom stereocenters. The van der Waals surface area contributed by atoms with E-state index in [4.69, 9.17) is 4.74 Å². The summed E-state index contributed by atoms with van der Waals surface area (Å²) in [4.78, 5) is 32.9. The van der Waals surface area contributed by atoms with Gasteiger partial charge in [-0.05, 0) is 73.1 Å². The van der Waals surface area contributed by atoms with Crippen molar-refractivity contribution in [1.29, 1.82) is 0 Å². The van der Waals surface area contributed by atoms with Crippen LogP contribution in [0, 0.1) is 17.7 Å². The van der Waals surface area contributed by atoms with E-state index in [1.54, 1.807) is 23.0 Å². The van der Waals surface area contributed by atoms with Gasteiger partial charge in [-0.3, -0.25) is 4.79 Å². The van der Waals surface area contributed by atoms with E-state index in [1.807, 2.05) is 6.07 Å². The van der Waals surface area contributed by atoms with E-state index >= 15 is 4.39 Å². The summed E-state index contributed by atoms with van der Waals surface area (Å²) in [6.45, 7) is 4.16. The van der Waals surface area contributed by atoms with Gasteiger partial charge in [0.15, 0.2) is 0 Å². The Morgan fingerprint density at radius 2 is 1.97 bits per heavy atom. The highest BCUT2D eigenvalue weighted by Crippen LogP contribution is 2.43. The summed E-state index contributed by atoms with van der Waals surface area (Å²) >= 11 is 2.63. The number of rotatable bonds is 6. The van der Waals surface area contributed by atoms with E-state index < -0.39 is 11.7 Å². The highest BCUT2D eigenvalue weighted by Gasteiger charge is 2.30. The lowest BCUT2D eigenvalue weighted by atomic mass is 9.75. The average molecular weight is 554 g/mol. The molecule has 1 saturated carbocycles. The number of aromatic nitrogens is 1. The summed E-state index contributed by atoms with van der Waals surface area (Å²) in [5.74, 6) is -0.0822. The monoisotopic (exact) mass is 553 g/mol. The van der Waals surface area contributed by atoms with Crippen molar-refractivity contribution in [3.63, 3.8) is 0 Å². The van der Waals surface area contributed by atoms with E-state index in [0.717, 1.165) is 35.9 Å². The van der Waals surface area contributed by atoms with Crippen molar-refractivity contribution in [1.82, 2.24) is 9.88 Å². The Hall–Kier alpha value is -2.88. The minimum Gasteiger partial charge on any atom is -0.465 e. The zero-order valence-electron chi connectivity index (χ0n) is 21.9. The second kappa shape index (κ2) is 11.5. The first-order chi connectivity index (χ1) is 18.3. The van der Waals surface area contributed by atoms with Gasteiger partial charge in [-0.1, -0.05) is 25.8 Å². The predicted octanol–water partition coefficient (Wildman–Crippen LogP) is 6.97. The molecule has 0 saturated heterocycles. The number of methoxy groups -OCH3 is 1. The van der Waals surface area contributed by atoms with Crippen LogP contribution in [0.4, 0.5) is 10.1 Å². The van der Waals surface area contributed by atoms with Gasteiger partial charge in [0.05, 0.1) is 18.3 Å². The highest BCUT2D eigenvalue weighted by molar-refractivity contribution is 7.17. The maximum atomic E-state index is 15.1. The first-order valence-corrected chi connectivity index (χ1v) is 14.7. The van der Waals surface area contributed by atoms with Gasteiger partial charge < -0.3 is 15.0 Å². The van der Waals surface area contributed by atoms with Crippen molar-refractivity contribution in [2.24, 2.45) is 11.8 Å². The van der Waals surface area contributed by atoms with Crippen LogP contribution in [0.3, 0.4) is 0 Å². The molecule has 1 aromatic carbocycles. The summed E-state index contributed by atoms with van der Waals surface area (Å²) in [6.07, 6.45) is 5.69. The Labute approximate surface area is 230 Å². The van der Waals surface area contributed by atoms with Crippen molar-refractivity contribution < 1.29 is 18.7 Å². The molecule has 1 amide bonds. The molecule has 6 nitrogen and oxygen atoms in total. The van der Waals surface area contributed by atoms with Crippen LogP contribution in [-0.4, -0.2) is 49.0 Å². The van der Waals surface area contributed by atoms with E-state index in [0.29, 0.717) is 16.4 Å². The van der Waals surface area contributed by atoms with E-state index in [2.05, 4.69) is 29.2 Å². The number of likely N-dealkylation sites (N-methyl/N-ethyl adjacent to an activating group) is 1. The molecular weight excluding hydrogens is 521 g/mol. The van der Waals surface area contributed by atoms with Gasteiger partial charge in [0.1, 0.15) is 16.4 Å². The van der Waals surface area contributed by atoms with Crippen molar-refractivity contribution in [3.05, 3.63) is 62.7 Å². The number of carbonyl (C=O) groups is 2. The zero-order chi connectivity index (χ0) is 26.8. The molecule has 1 aliphatic heterocycles. The number of halogens is 1. The van der Waals surface area contributed by atoms with Crippen LogP contribution < -0.4 is 5.32 Å². The molecule has 9 heteroatoms. The maximum absolute atomic E-state index is 15.1. The summed E-state index contributed by atoms with van der Waals surface area (Å²) in [5, 5.41) is 4.20. The fraction of sp³-hybridized carbons (Fsp3) is 0.414. The van der Waals surface area contributed by atoms with Crippen LogP contribution in [-0.2, 0) is 4.74 Å². The first kappa shape index (κ1) is 26.7. The molecule has 0 spiro atoms. The van der Waals surface area contributed by atoms with Crippen LogP contribution in [0.5, 0.6) is 0 Å². The Morgan fingerprint density at radius 1 is 1.18 bits per heavy atom. The van der Waals surface area contributed by atoms with Crippen molar-refractivity contribution in [2.45, 2.75) is 39.0 Å². The Bertz CT molecular complexity index is 1360. The molecule has 0 atom stereocenters. The van der Waals surface area contributed by atoms with Gasteiger partial charge in [-0.15, -0.1) is 22.7 Å². The molecule has 5 rings (SSSR count). The minimum atomic E-state index is -0.545. The van der Waals surface area contributed by atoms with Crippen molar-refractivity contribution >= 4 is 45.8 Å². The number of nitrogens with zero attached hydrogens (tertiary/aromatic N) is 2. The number of carbonyl (C=O) groups excluding carboxylic acids is 2. The van der Waals surface area contributed by atoms with Gasteiger partial charge in [0.2, 0.25) is 0 Å². The first-order valence-electron chi connectivity index (χ1n) is 13.0. The summed E-state index contributed by atoms with van der Waals surface area (Å²) in [6, 6.07) is 6.74. The summed E-state index contributed by atoms with van der Waals surface area (Å²) in [7, 11) is 3.55. The Kier molecular flexibility index (Phi) is 8.07. The van der Waals surface area contributed by atoms with Gasteiger partial charge in [0.25, 0.3) is 5.91 Å². The standard InChI is InChI=1S/C29H32FN3O3S2/c1-17-4-6-18(7-5-17)22-14-33(2)11-10-20(22)21-13-26(38-27(21)29(35)36-3)19-8-9-24(23(30)12-19)32-28(34)25-15-37-16-31-25/h8-9,12-13,15-18H,4-7,10-11,14H2,1-3H3,(H,32,34). The minimum absolute atomic E-state index is 0.0866. The quantitative estimate of drug-likeness (QED) is 0.334. The van der Waals surface area contributed by atoms with Gasteiger partial charge in [-0.2, -0.15) is 0 Å². The van der Waals surface area contributed by atoms with E-state index in [9.17, 15) is 9.59 Å². The summed E-state index contributed by atoms with van der Waals surface area (Å²) in [5.41, 5.74) is 6.14. The van der Waals surface area contributed by atoms with E-state index in [1.165, 1.54) is 72.7 Å². The SMILES string of the molecule is COC(=O)c1sc(-c2ccc(NC(=O)c3cscn3)c(F)c2)cc1C1=C(C2CCC(C)CC2)CN(C)CC1. The van der Waals surface area contributed by atoms with Crippen LogP contribution in [0.2, 0.25) is 0 Å². The highest BCUT2D eigenvalue weighted by atomic mass is 32.1. The molecule has 3 heterocycles. The number of amides is 1. The molecular formula is C29H32FN3O3S2. The number of hydrogen-bond acceptors (Lipinski definition) is 7. The molecule has 200 valence electrons. The molecule has 38 heavy (non-hydrogen) atoms. The number of ether oxygens (including phenoxy) is 1. The maximum Gasteiger partial charge on any atom is 0.348 e. The van der Waals surface area contributed by atoms with Crippen LogP contribution in [0.15, 0.2) is 40.7 Å². The van der Waals surface area contributed by atoms with Crippen LogP contribution >= 0.6 is 22.7 Å². The smallest absolute Gasteiger partial charge is 0.348 e. The van der Waals surface area contributed by atoms with Gasteiger partial charge in [0, 0.05) is 28.9 Å². The largest absolute Gasteiger partial charge is 0.465 e. The van der Waals surface area contributed by atoms with E-state index in [-0.39, 0.29) is 17.4 Å². The number of benzene rings is 1. The van der Waals surface area contributed by atoms with Crippen LogP contribution in [0.25, 0.3) is 16.0 Å². The molecule has 2 aliphatic rings. The molecule has 0 bridgehead atoms. The Balaban J connectivity index is 1.50. The summed E-state index contributed by atoms with van der Waals surface area (Å²) < 4.78 is 20.2. The molecule has 3 aromatic rings. The topological polar surface area (TPSA) is 71.5 Å². The molecule has 1 aliphatic carbocycles. The number of esters is 1. The third-order valence-electron chi connectivity index (χ3n) is 7.67. The number of thiophene rings is 1. The second-order valence-corrected chi connectivity index (χ2v) is 12.1. The lowest BCUT2D eigenvalue weighted by Crippen LogP contribution is -2.31. The van der Waals surface area contributed by atoms with Gasteiger partial charge >= 0.3 is 5.97 Å². The third kappa shape index (κ3) is 5.60. The molecule has 2 aromatic heterocycles. The fourth-order valence-corrected chi connectivity index (χ4v) is 7.14. The number of anilines is 1. The molecule has 1 N–H and O–H groups in total. The Morgan fingerprint density at radius 3 is 2.66 bits per heavy atom. The third-order valence-corrected chi connectivity index (χ3v) is 9.43. The average Bonchev–Trinajstić information content (AvgIpc) is 3.61. The number of nitrogens with one attached hydrogen (secondary N) is 1. The fourth-order valence-electron chi connectivity index (χ4n) is 5.50. The lowest BCUT2D eigenvalue weighted by Gasteiger charge is -2.35.